The second kappa shape index (κ2) is 8.13. The van der Waals surface area contributed by atoms with Gasteiger partial charge < -0.3 is 5.32 Å². The molecule has 0 saturated heterocycles. The molecule has 2 amide bonds. The quantitative estimate of drug-likeness (QED) is 0.329. The largest absolute Gasteiger partial charge is 0.333 e. The average molecular weight is 357 g/mol. The van der Waals surface area contributed by atoms with E-state index in [0.29, 0.717) is 16.8 Å². The van der Waals surface area contributed by atoms with Crippen LogP contribution in [0.5, 0.6) is 0 Å². The van der Waals surface area contributed by atoms with E-state index in [-0.39, 0.29) is 23.2 Å². The Bertz CT molecular complexity index is 830. The third-order valence-electron chi connectivity index (χ3n) is 3.62. The van der Waals surface area contributed by atoms with Crippen molar-refractivity contribution in [3.63, 3.8) is 0 Å². The number of fused-ring (bicyclic) bond motifs is 1. The Balaban J connectivity index is 0.000000190. The Morgan fingerprint density at radius 3 is 1.88 bits per heavy atom. The molecule has 0 aromatic heterocycles. The van der Waals surface area contributed by atoms with E-state index in [2.05, 4.69) is 5.32 Å². The number of carbonyl (C=O) groups excluding carboxylic acids is 4. The molecule has 0 saturated carbocycles. The van der Waals surface area contributed by atoms with Crippen molar-refractivity contribution < 1.29 is 23.6 Å². The van der Waals surface area contributed by atoms with Crippen LogP contribution in [-0.4, -0.2) is 23.4 Å². The SMILES string of the molecule is CC(=O)C1C(=O)c2ccccc2C1=O.NNC(=O)Nc1ccc(F)cc1. The Kier molecular flexibility index (Phi) is 5.92. The molecule has 1 aliphatic carbocycles. The number of amides is 2. The van der Waals surface area contributed by atoms with E-state index in [0.717, 1.165) is 0 Å². The Morgan fingerprint density at radius 1 is 0.962 bits per heavy atom. The second-order valence-corrected chi connectivity index (χ2v) is 5.42. The molecule has 0 unspecified atom stereocenters. The van der Waals surface area contributed by atoms with Crippen molar-refractivity contribution in [2.45, 2.75) is 6.92 Å². The predicted octanol–water partition coefficient (Wildman–Crippen LogP) is 2.09. The number of rotatable bonds is 2. The normalized spacial score (nSPS) is 12.7. The van der Waals surface area contributed by atoms with E-state index in [1.54, 1.807) is 24.3 Å². The summed E-state index contributed by atoms with van der Waals surface area (Å²) in [6, 6.07) is 11.4. The van der Waals surface area contributed by atoms with Gasteiger partial charge >= 0.3 is 6.03 Å². The summed E-state index contributed by atoms with van der Waals surface area (Å²) < 4.78 is 12.4. The molecule has 1 aliphatic rings. The molecule has 0 spiro atoms. The number of carbonyl (C=O) groups is 4. The van der Waals surface area contributed by atoms with Gasteiger partial charge in [-0.25, -0.2) is 15.0 Å². The van der Waals surface area contributed by atoms with Crippen LogP contribution in [0.25, 0.3) is 0 Å². The van der Waals surface area contributed by atoms with Gasteiger partial charge in [0, 0.05) is 16.8 Å². The van der Waals surface area contributed by atoms with Gasteiger partial charge in [-0.05, 0) is 31.2 Å². The number of Topliss-reactive ketones (excluding diaryl/α,β-unsaturated/α-hetero) is 3. The summed E-state index contributed by atoms with van der Waals surface area (Å²) in [5.41, 5.74) is 3.12. The van der Waals surface area contributed by atoms with E-state index in [9.17, 15) is 23.6 Å². The number of urea groups is 1. The van der Waals surface area contributed by atoms with E-state index >= 15 is 0 Å². The standard InChI is InChI=1S/C11H8O3.C7H8FN3O/c1-6(12)9-10(13)7-4-2-3-5-8(7)11(9)14;8-5-1-3-6(4-2-5)10-7(12)11-9/h2-5,9H,1H3;1-4H,9H2,(H2,10,11,12). The van der Waals surface area contributed by atoms with Gasteiger partial charge in [-0.2, -0.15) is 0 Å². The fourth-order valence-corrected chi connectivity index (χ4v) is 2.41. The Morgan fingerprint density at radius 2 is 1.46 bits per heavy atom. The van der Waals surface area contributed by atoms with Crippen LogP contribution in [0.1, 0.15) is 27.6 Å². The highest BCUT2D eigenvalue weighted by molar-refractivity contribution is 6.35. The van der Waals surface area contributed by atoms with Crippen LogP contribution in [-0.2, 0) is 4.79 Å². The molecular weight excluding hydrogens is 341 g/mol. The molecule has 134 valence electrons. The molecule has 4 N–H and O–H groups in total. The highest BCUT2D eigenvalue weighted by Crippen LogP contribution is 2.26. The third-order valence-corrected chi connectivity index (χ3v) is 3.62. The summed E-state index contributed by atoms with van der Waals surface area (Å²) in [5.74, 6) is 2.27. The summed E-state index contributed by atoms with van der Waals surface area (Å²) in [6.45, 7) is 1.27. The van der Waals surface area contributed by atoms with Crippen LogP contribution in [0.3, 0.4) is 0 Å². The zero-order valence-corrected chi connectivity index (χ0v) is 13.8. The molecule has 0 bridgehead atoms. The number of benzene rings is 2. The van der Waals surface area contributed by atoms with E-state index in [1.807, 2.05) is 5.43 Å². The Labute approximate surface area is 148 Å². The van der Waals surface area contributed by atoms with Crippen molar-refractivity contribution >= 4 is 29.1 Å². The van der Waals surface area contributed by atoms with Gasteiger partial charge in [0.05, 0.1) is 0 Å². The highest BCUT2D eigenvalue weighted by Gasteiger charge is 2.40. The maximum Gasteiger partial charge on any atom is 0.333 e. The molecular formula is C18H16FN3O4. The van der Waals surface area contributed by atoms with Crippen molar-refractivity contribution in [3.05, 3.63) is 65.5 Å². The van der Waals surface area contributed by atoms with Crippen molar-refractivity contribution in [2.75, 3.05) is 5.32 Å². The molecule has 3 rings (SSSR count). The number of anilines is 1. The van der Waals surface area contributed by atoms with Gasteiger partial charge in [0.2, 0.25) is 0 Å². The number of hydrogen-bond donors (Lipinski definition) is 3. The number of halogens is 1. The first-order chi connectivity index (χ1) is 12.3. The van der Waals surface area contributed by atoms with Crippen LogP contribution in [0.15, 0.2) is 48.5 Å². The number of nitrogens with one attached hydrogen (secondary N) is 2. The van der Waals surface area contributed by atoms with Crippen molar-refractivity contribution in [2.24, 2.45) is 11.8 Å². The fraction of sp³-hybridized carbons (Fsp3) is 0.111. The molecule has 2 aromatic rings. The van der Waals surface area contributed by atoms with Gasteiger partial charge in [-0.15, -0.1) is 0 Å². The summed E-state index contributed by atoms with van der Waals surface area (Å²) in [5, 5.41) is 2.38. The second-order valence-electron chi connectivity index (χ2n) is 5.42. The monoisotopic (exact) mass is 357 g/mol. The fourth-order valence-electron chi connectivity index (χ4n) is 2.41. The summed E-state index contributed by atoms with van der Waals surface area (Å²) in [6.07, 6.45) is 0. The number of ketones is 3. The summed E-state index contributed by atoms with van der Waals surface area (Å²) in [7, 11) is 0. The maximum absolute atomic E-state index is 12.4. The minimum atomic E-state index is -1.09. The van der Waals surface area contributed by atoms with Gasteiger partial charge in [0.25, 0.3) is 0 Å². The first-order valence-electron chi connectivity index (χ1n) is 7.56. The zero-order chi connectivity index (χ0) is 19.3. The molecule has 26 heavy (non-hydrogen) atoms. The van der Waals surface area contributed by atoms with E-state index in [1.165, 1.54) is 31.2 Å². The van der Waals surface area contributed by atoms with Crippen molar-refractivity contribution in [1.29, 1.82) is 0 Å². The van der Waals surface area contributed by atoms with Crippen molar-refractivity contribution in [3.8, 4) is 0 Å². The smallest absolute Gasteiger partial charge is 0.307 e. The summed E-state index contributed by atoms with van der Waals surface area (Å²) in [4.78, 5) is 44.9. The van der Waals surface area contributed by atoms with Crippen LogP contribution < -0.4 is 16.6 Å². The molecule has 0 radical (unpaired) electrons. The van der Waals surface area contributed by atoms with Crippen LogP contribution in [0.4, 0.5) is 14.9 Å². The van der Waals surface area contributed by atoms with Gasteiger partial charge in [-0.3, -0.25) is 19.8 Å². The molecule has 8 heteroatoms. The van der Waals surface area contributed by atoms with Crippen molar-refractivity contribution in [1.82, 2.24) is 5.43 Å². The molecule has 0 fully saturated rings. The molecule has 7 nitrogen and oxygen atoms in total. The van der Waals surface area contributed by atoms with Crippen LogP contribution in [0, 0.1) is 11.7 Å². The highest BCUT2D eigenvalue weighted by atomic mass is 19.1. The lowest BCUT2D eigenvalue weighted by atomic mass is 10.00. The zero-order valence-electron chi connectivity index (χ0n) is 13.8. The number of hydrogen-bond acceptors (Lipinski definition) is 5. The average Bonchev–Trinajstić information content (AvgIpc) is 2.89. The molecule has 0 aliphatic heterocycles. The van der Waals surface area contributed by atoms with Crippen LogP contribution in [0.2, 0.25) is 0 Å². The third kappa shape index (κ3) is 4.17. The maximum atomic E-state index is 12.4. The molecule has 2 aromatic carbocycles. The minimum absolute atomic E-state index is 0.353. The number of nitrogens with two attached hydrogens (primary N) is 1. The first-order valence-corrected chi connectivity index (χ1v) is 7.56. The topological polar surface area (TPSA) is 118 Å². The lowest BCUT2D eigenvalue weighted by Gasteiger charge is -2.02. The summed E-state index contributed by atoms with van der Waals surface area (Å²) >= 11 is 0. The first kappa shape index (κ1) is 18.9. The molecule has 0 heterocycles. The Hall–Kier alpha value is -3.39. The minimum Gasteiger partial charge on any atom is -0.307 e. The molecule has 0 atom stereocenters. The number of hydrazine groups is 1. The van der Waals surface area contributed by atoms with Gasteiger partial charge in [-0.1, -0.05) is 24.3 Å². The van der Waals surface area contributed by atoms with Gasteiger partial charge in [0.15, 0.2) is 11.6 Å². The van der Waals surface area contributed by atoms with E-state index < -0.39 is 11.9 Å². The lowest BCUT2D eigenvalue weighted by Crippen LogP contribution is -2.34. The van der Waals surface area contributed by atoms with Gasteiger partial charge in [0.1, 0.15) is 17.5 Å². The van der Waals surface area contributed by atoms with E-state index in [4.69, 9.17) is 5.84 Å². The predicted molar refractivity (Wildman–Crippen MR) is 92.0 cm³/mol. The lowest BCUT2D eigenvalue weighted by molar-refractivity contribution is -0.118. The van der Waals surface area contributed by atoms with Crippen LogP contribution >= 0.6 is 0 Å².